The van der Waals surface area contributed by atoms with Gasteiger partial charge in [-0.1, -0.05) is 36.8 Å². The number of amides is 1. The number of aromatic nitrogens is 1. The maximum absolute atomic E-state index is 11.8. The molecule has 0 unspecified atom stereocenters. The van der Waals surface area contributed by atoms with Crippen molar-refractivity contribution >= 4 is 30.7 Å². The number of hydrogen-bond donors (Lipinski definition) is 2. The smallest absolute Gasteiger partial charge is 0.220 e. The molecule has 0 aliphatic rings. The second-order valence-corrected chi connectivity index (χ2v) is 5.58. The van der Waals surface area contributed by atoms with Crippen molar-refractivity contribution in [2.45, 2.75) is 33.1 Å². The summed E-state index contributed by atoms with van der Waals surface area (Å²) in [6.07, 6.45) is 3.72. The molecular weight excluding hydrogens is 361 g/mol. The molecule has 25 heavy (non-hydrogen) atoms. The topological polar surface area (TPSA) is 67.2 Å². The molecule has 0 aliphatic heterocycles. The van der Waals surface area contributed by atoms with Gasteiger partial charge < -0.3 is 15.1 Å². The van der Waals surface area contributed by atoms with Crippen LogP contribution in [-0.4, -0.2) is 30.5 Å². The maximum Gasteiger partial charge on any atom is 0.220 e. The summed E-state index contributed by atoms with van der Waals surface area (Å²) in [5, 5.41) is 6.13. The molecule has 0 fully saturated rings. The van der Waals surface area contributed by atoms with E-state index in [4.69, 9.17) is 4.42 Å². The second kappa shape index (κ2) is 12.8. The van der Waals surface area contributed by atoms with Crippen LogP contribution in [0.25, 0.3) is 11.3 Å². The van der Waals surface area contributed by atoms with E-state index in [0.29, 0.717) is 25.3 Å². The predicted octanol–water partition coefficient (Wildman–Crippen LogP) is 3.54. The summed E-state index contributed by atoms with van der Waals surface area (Å²) in [7, 11) is 0. The minimum absolute atomic E-state index is 0. The van der Waals surface area contributed by atoms with E-state index in [1.165, 1.54) is 5.56 Å². The van der Waals surface area contributed by atoms with Gasteiger partial charge in [-0.2, -0.15) is 0 Å². The summed E-state index contributed by atoms with van der Waals surface area (Å²) in [5.41, 5.74) is 2.21. The van der Waals surface area contributed by atoms with E-state index in [0.717, 1.165) is 30.8 Å². The Labute approximate surface area is 161 Å². The van der Waals surface area contributed by atoms with Crippen LogP contribution in [0.1, 0.15) is 31.2 Å². The molecular formula is C18H27Cl2N3O2. The Kier molecular flexibility index (Phi) is 12.0. The molecule has 2 rings (SSSR count). The maximum atomic E-state index is 11.8. The molecule has 0 aliphatic carbocycles. The van der Waals surface area contributed by atoms with E-state index >= 15 is 0 Å². The normalized spacial score (nSPS) is 9.84. The summed E-state index contributed by atoms with van der Waals surface area (Å²) in [5.74, 6) is 1.36. The first-order valence-corrected chi connectivity index (χ1v) is 8.18. The molecule has 1 amide bonds. The summed E-state index contributed by atoms with van der Waals surface area (Å²) >= 11 is 0. The molecule has 0 saturated heterocycles. The van der Waals surface area contributed by atoms with E-state index in [1.807, 2.05) is 31.2 Å². The summed E-state index contributed by atoms with van der Waals surface area (Å²) in [4.78, 5) is 16.0. The van der Waals surface area contributed by atoms with Crippen LogP contribution >= 0.6 is 24.8 Å². The Bertz CT molecular complexity index is 615. The first-order chi connectivity index (χ1) is 11.2. The zero-order chi connectivity index (χ0) is 16.5. The molecule has 5 nitrogen and oxygen atoms in total. The van der Waals surface area contributed by atoms with Gasteiger partial charge in [0.1, 0.15) is 0 Å². The Morgan fingerprint density at radius 3 is 2.52 bits per heavy atom. The van der Waals surface area contributed by atoms with Crippen molar-refractivity contribution in [1.82, 2.24) is 15.6 Å². The van der Waals surface area contributed by atoms with Gasteiger partial charge in [-0.25, -0.2) is 4.98 Å². The third kappa shape index (κ3) is 8.38. The molecule has 0 radical (unpaired) electrons. The lowest BCUT2D eigenvalue weighted by Gasteiger charge is -2.05. The molecule has 140 valence electrons. The predicted molar refractivity (Wildman–Crippen MR) is 106 cm³/mol. The van der Waals surface area contributed by atoms with Gasteiger partial charge in [-0.05, 0) is 19.9 Å². The molecule has 0 saturated carbocycles. The number of aryl methyl sites for hydroxylation is 2. The number of nitrogens with zero attached hydrogens (tertiary/aromatic N) is 1. The number of benzene rings is 1. The average molecular weight is 388 g/mol. The number of rotatable bonds is 9. The highest BCUT2D eigenvalue weighted by atomic mass is 35.5. The van der Waals surface area contributed by atoms with Crippen LogP contribution in [0.4, 0.5) is 0 Å². The highest BCUT2D eigenvalue weighted by Gasteiger charge is 2.08. The first-order valence-electron chi connectivity index (χ1n) is 8.18. The van der Waals surface area contributed by atoms with Crippen LogP contribution in [0, 0.1) is 6.92 Å². The number of halogens is 2. The van der Waals surface area contributed by atoms with Crippen molar-refractivity contribution < 1.29 is 9.21 Å². The monoisotopic (exact) mass is 387 g/mol. The van der Waals surface area contributed by atoms with E-state index in [9.17, 15) is 4.79 Å². The van der Waals surface area contributed by atoms with Crippen molar-refractivity contribution in [3.8, 4) is 11.3 Å². The standard InChI is InChI=1S/C18H25N3O2.2ClH/c1-3-10-19-11-12-20-17(22)8-9-18-21-13-16(23-18)15-6-4-14(2)5-7-15;;/h4-7,13,19H,3,8-12H2,1-2H3,(H,20,22);2*1H. The van der Waals surface area contributed by atoms with Gasteiger partial charge in [-0.3, -0.25) is 4.79 Å². The number of carbonyl (C=O) groups is 1. The second-order valence-electron chi connectivity index (χ2n) is 5.58. The van der Waals surface area contributed by atoms with Crippen LogP contribution in [0.5, 0.6) is 0 Å². The minimum Gasteiger partial charge on any atom is -0.441 e. The Hall–Kier alpha value is -1.56. The summed E-state index contributed by atoms with van der Waals surface area (Å²) in [6.45, 7) is 6.60. The fourth-order valence-electron chi connectivity index (χ4n) is 2.18. The van der Waals surface area contributed by atoms with Gasteiger partial charge in [0.05, 0.1) is 6.20 Å². The van der Waals surface area contributed by atoms with Gasteiger partial charge in [0.2, 0.25) is 5.91 Å². The SMILES string of the molecule is CCCNCCNC(=O)CCc1ncc(-c2ccc(C)cc2)o1.Cl.Cl. The Morgan fingerprint density at radius 1 is 1.12 bits per heavy atom. The van der Waals surface area contributed by atoms with Gasteiger partial charge in [-0.15, -0.1) is 24.8 Å². The molecule has 2 N–H and O–H groups in total. The number of oxazole rings is 1. The van der Waals surface area contributed by atoms with Crippen LogP contribution in [0.3, 0.4) is 0 Å². The third-order valence-corrected chi connectivity index (χ3v) is 3.51. The van der Waals surface area contributed by atoms with Crippen LogP contribution in [0.15, 0.2) is 34.9 Å². The largest absolute Gasteiger partial charge is 0.441 e. The Morgan fingerprint density at radius 2 is 1.84 bits per heavy atom. The van der Waals surface area contributed by atoms with Crippen molar-refractivity contribution in [1.29, 1.82) is 0 Å². The van der Waals surface area contributed by atoms with Gasteiger partial charge in [0.25, 0.3) is 0 Å². The van der Waals surface area contributed by atoms with Crippen molar-refractivity contribution in [3.63, 3.8) is 0 Å². The van der Waals surface area contributed by atoms with E-state index in [-0.39, 0.29) is 30.7 Å². The molecule has 0 spiro atoms. The van der Waals surface area contributed by atoms with E-state index in [1.54, 1.807) is 6.20 Å². The zero-order valence-electron chi connectivity index (χ0n) is 14.7. The van der Waals surface area contributed by atoms with E-state index < -0.39 is 0 Å². The van der Waals surface area contributed by atoms with E-state index in [2.05, 4.69) is 22.5 Å². The highest BCUT2D eigenvalue weighted by molar-refractivity contribution is 5.85. The molecule has 1 aromatic carbocycles. The molecule has 7 heteroatoms. The number of hydrogen-bond acceptors (Lipinski definition) is 4. The fraction of sp³-hybridized carbons (Fsp3) is 0.444. The lowest BCUT2D eigenvalue weighted by Crippen LogP contribution is -2.32. The highest BCUT2D eigenvalue weighted by Crippen LogP contribution is 2.21. The lowest BCUT2D eigenvalue weighted by molar-refractivity contribution is -0.121. The summed E-state index contributed by atoms with van der Waals surface area (Å²) < 4.78 is 5.71. The van der Waals surface area contributed by atoms with Crippen LogP contribution in [-0.2, 0) is 11.2 Å². The molecule has 1 aromatic heterocycles. The van der Waals surface area contributed by atoms with Gasteiger partial charge in [0.15, 0.2) is 11.7 Å². The zero-order valence-corrected chi connectivity index (χ0v) is 16.3. The molecule has 1 heterocycles. The van der Waals surface area contributed by atoms with Crippen LogP contribution in [0.2, 0.25) is 0 Å². The van der Waals surface area contributed by atoms with Crippen molar-refractivity contribution in [2.75, 3.05) is 19.6 Å². The minimum atomic E-state index is 0. The lowest BCUT2D eigenvalue weighted by atomic mass is 10.1. The van der Waals surface area contributed by atoms with Crippen molar-refractivity contribution in [2.24, 2.45) is 0 Å². The van der Waals surface area contributed by atoms with Gasteiger partial charge in [0, 0.05) is 31.5 Å². The van der Waals surface area contributed by atoms with Gasteiger partial charge >= 0.3 is 0 Å². The molecule has 2 aromatic rings. The van der Waals surface area contributed by atoms with Crippen molar-refractivity contribution in [3.05, 3.63) is 41.9 Å². The molecule has 0 atom stereocenters. The average Bonchev–Trinajstić information content (AvgIpc) is 3.02. The number of carbonyl (C=O) groups excluding carboxylic acids is 1. The number of nitrogens with one attached hydrogen (secondary N) is 2. The Balaban J connectivity index is 0.00000288. The van der Waals surface area contributed by atoms with Crippen LogP contribution < -0.4 is 10.6 Å². The quantitative estimate of drug-likeness (QED) is 0.645. The summed E-state index contributed by atoms with van der Waals surface area (Å²) in [6, 6.07) is 8.10. The fourth-order valence-corrected chi connectivity index (χ4v) is 2.18. The third-order valence-electron chi connectivity index (χ3n) is 3.51. The molecule has 0 bridgehead atoms. The first kappa shape index (κ1) is 23.4.